The smallest absolute Gasteiger partial charge is 0.358 e. The van der Waals surface area contributed by atoms with Crippen molar-refractivity contribution in [1.29, 1.82) is 0 Å². The van der Waals surface area contributed by atoms with Gasteiger partial charge in [0.25, 0.3) is 0 Å². The summed E-state index contributed by atoms with van der Waals surface area (Å²) in [5, 5.41) is 18.2. The van der Waals surface area contributed by atoms with E-state index in [0.29, 0.717) is 24.4 Å². The first-order chi connectivity index (χ1) is 10.1. The zero-order chi connectivity index (χ0) is 15.0. The van der Waals surface area contributed by atoms with E-state index in [2.05, 4.69) is 15.1 Å². The van der Waals surface area contributed by atoms with Crippen LogP contribution in [0.3, 0.4) is 0 Å². The van der Waals surface area contributed by atoms with Crippen molar-refractivity contribution in [3.63, 3.8) is 0 Å². The van der Waals surface area contributed by atoms with E-state index < -0.39 is 5.97 Å². The lowest BCUT2D eigenvalue weighted by Gasteiger charge is -2.39. The van der Waals surface area contributed by atoms with Gasteiger partial charge in [-0.1, -0.05) is 18.2 Å². The minimum absolute atomic E-state index is 0.00495. The Kier molecular flexibility index (Phi) is 3.47. The van der Waals surface area contributed by atoms with E-state index in [1.807, 2.05) is 38.1 Å². The highest BCUT2D eigenvalue weighted by molar-refractivity contribution is 6.02. The molecule has 2 atom stereocenters. The van der Waals surface area contributed by atoms with E-state index in [1.54, 1.807) is 0 Å². The van der Waals surface area contributed by atoms with Crippen LogP contribution in [0.2, 0.25) is 0 Å². The molecule has 110 valence electrons. The van der Waals surface area contributed by atoms with Crippen LogP contribution in [0.5, 0.6) is 0 Å². The molecule has 2 unspecified atom stereocenters. The van der Waals surface area contributed by atoms with Gasteiger partial charge in [0.1, 0.15) is 0 Å². The van der Waals surface area contributed by atoms with Gasteiger partial charge in [0.15, 0.2) is 5.69 Å². The van der Waals surface area contributed by atoms with Crippen LogP contribution in [0.4, 0.5) is 5.69 Å². The van der Waals surface area contributed by atoms with Crippen LogP contribution in [-0.2, 0) is 4.74 Å². The summed E-state index contributed by atoms with van der Waals surface area (Å²) >= 11 is 0. The molecular formula is C15H17N3O3. The van der Waals surface area contributed by atoms with E-state index >= 15 is 0 Å². The van der Waals surface area contributed by atoms with E-state index in [-0.39, 0.29) is 17.8 Å². The molecule has 1 saturated heterocycles. The fourth-order valence-electron chi connectivity index (χ4n) is 2.69. The molecule has 0 amide bonds. The molecule has 1 aliphatic heterocycles. The molecule has 0 saturated carbocycles. The van der Waals surface area contributed by atoms with E-state index in [0.717, 1.165) is 5.39 Å². The molecule has 1 N–H and O–H groups in total. The summed E-state index contributed by atoms with van der Waals surface area (Å²) < 4.78 is 5.63. The predicted molar refractivity (Wildman–Crippen MR) is 78.7 cm³/mol. The molecule has 1 aromatic carbocycles. The Hall–Kier alpha value is -2.21. The van der Waals surface area contributed by atoms with Crippen molar-refractivity contribution >= 4 is 22.6 Å². The van der Waals surface area contributed by atoms with Gasteiger partial charge in [-0.05, 0) is 19.9 Å². The molecule has 1 aliphatic rings. The number of nitrogens with zero attached hydrogens (tertiary/aromatic N) is 3. The zero-order valence-corrected chi connectivity index (χ0v) is 12.0. The Morgan fingerprint density at radius 3 is 2.86 bits per heavy atom. The van der Waals surface area contributed by atoms with Crippen LogP contribution in [0.1, 0.15) is 24.3 Å². The fourth-order valence-corrected chi connectivity index (χ4v) is 2.69. The molecule has 2 heterocycles. The number of carboxylic acids is 1. The van der Waals surface area contributed by atoms with Crippen LogP contribution in [0.25, 0.3) is 10.9 Å². The number of hydrogen-bond acceptors (Lipinski definition) is 5. The van der Waals surface area contributed by atoms with Gasteiger partial charge < -0.3 is 14.7 Å². The quantitative estimate of drug-likeness (QED) is 0.909. The first-order valence-corrected chi connectivity index (χ1v) is 6.95. The first kappa shape index (κ1) is 13.8. The van der Waals surface area contributed by atoms with Gasteiger partial charge in [0.05, 0.1) is 23.9 Å². The maximum atomic E-state index is 11.5. The molecular weight excluding hydrogens is 270 g/mol. The molecule has 1 aromatic heterocycles. The second-order valence-corrected chi connectivity index (χ2v) is 5.36. The third kappa shape index (κ3) is 2.42. The molecule has 21 heavy (non-hydrogen) atoms. The van der Waals surface area contributed by atoms with Gasteiger partial charge in [0.2, 0.25) is 0 Å². The Morgan fingerprint density at radius 1 is 1.33 bits per heavy atom. The number of benzene rings is 1. The Morgan fingerprint density at radius 2 is 2.10 bits per heavy atom. The average molecular weight is 287 g/mol. The Bertz CT molecular complexity index is 689. The van der Waals surface area contributed by atoms with Gasteiger partial charge in [-0.15, -0.1) is 10.2 Å². The normalized spacial score (nSPS) is 22.5. The molecule has 3 rings (SSSR count). The lowest BCUT2D eigenvalue weighted by Crippen LogP contribution is -2.48. The van der Waals surface area contributed by atoms with Crippen LogP contribution in [0, 0.1) is 0 Å². The van der Waals surface area contributed by atoms with Crippen molar-refractivity contribution in [2.75, 3.05) is 18.1 Å². The van der Waals surface area contributed by atoms with Crippen molar-refractivity contribution < 1.29 is 14.6 Å². The van der Waals surface area contributed by atoms with Crippen molar-refractivity contribution in [1.82, 2.24) is 10.2 Å². The number of hydrogen-bond donors (Lipinski definition) is 1. The second-order valence-electron chi connectivity index (χ2n) is 5.36. The minimum atomic E-state index is -1.06. The van der Waals surface area contributed by atoms with Gasteiger partial charge in [-0.25, -0.2) is 4.79 Å². The first-order valence-electron chi connectivity index (χ1n) is 6.95. The second kappa shape index (κ2) is 5.29. The largest absolute Gasteiger partial charge is 0.476 e. The summed E-state index contributed by atoms with van der Waals surface area (Å²) in [6, 6.07) is 7.57. The van der Waals surface area contributed by atoms with Crippen LogP contribution in [0.15, 0.2) is 24.3 Å². The Balaban J connectivity index is 2.22. The average Bonchev–Trinajstić information content (AvgIpc) is 2.48. The molecule has 0 spiro atoms. The summed E-state index contributed by atoms with van der Waals surface area (Å²) in [4.78, 5) is 13.6. The third-order valence-corrected chi connectivity index (χ3v) is 3.74. The SMILES string of the molecule is CC1CN(c2c(C(=O)O)nnc3ccccc23)C(C)CO1. The minimum Gasteiger partial charge on any atom is -0.476 e. The summed E-state index contributed by atoms with van der Waals surface area (Å²) in [5.41, 5.74) is 1.33. The van der Waals surface area contributed by atoms with Crippen molar-refractivity contribution in [3.05, 3.63) is 30.0 Å². The topological polar surface area (TPSA) is 75.6 Å². The van der Waals surface area contributed by atoms with E-state index in [4.69, 9.17) is 4.74 Å². The summed E-state index contributed by atoms with van der Waals surface area (Å²) in [5.74, 6) is -1.06. The summed E-state index contributed by atoms with van der Waals surface area (Å²) in [6.45, 7) is 5.21. The number of aromatic nitrogens is 2. The maximum absolute atomic E-state index is 11.5. The van der Waals surface area contributed by atoms with Crippen molar-refractivity contribution in [2.45, 2.75) is 26.0 Å². The van der Waals surface area contributed by atoms with Crippen LogP contribution in [-0.4, -0.2) is 46.6 Å². The lowest BCUT2D eigenvalue weighted by molar-refractivity contribution is 0.0342. The highest BCUT2D eigenvalue weighted by Crippen LogP contribution is 2.31. The summed E-state index contributed by atoms with van der Waals surface area (Å²) in [6.07, 6.45) is 0.0507. The molecule has 0 aliphatic carbocycles. The molecule has 6 nitrogen and oxygen atoms in total. The molecule has 0 radical (unpaired) electrons. The zero-order valence-electron chi connectivity index (χ0n) is 12.0. The van der Waals surface area contributed by atoms with Crippen molar-refractivity contribution in [3.8, 4) is 0 Å². The third-order valence-electron chi connectivity index (χ3n) is 3.74. The van der Waals surface area contributed by atoms with Gasteiger partial charge in [-0.3, -0.25) is 0 Å². The fraction of sp³-hybridized carbons (Fsp3) is 0.400. The highest BCUT2D eigenvalue weighted by atomic mass is 16.5. The van der Waals surface area contributed by atoms with Crippen LogP contribution < -0.4 is 4.90 Å². The number of morpholine rings is 1. The molecule has 6 heteroatoms. The number of aromatic carboxylic acids is 1. The number of fused-ring (bicyclic) bond motifs is 1. The van der Waals surface area contributed by atoms with Crippen LogP contribution >= 0.6 is 0 Å². The number of rotatable bonds is 2. The number of ether oxygens (including phenoxy) is 1. The van der Waals surface area contributed by atoms with Gasteiger partial charge in [0, 0.05) is 18.0 Å². The predicted octanol–water partition coefficient (Wildman–Crippen LogP) is 1.94. The van der Waals surface area contributed by atoms with Gasteiger partial charge in [-0.2, -0.15) is 0 Å². The van der Waals surface area contributed by atoms with E-state index in [9.17, 15) is 9.90 Å². The molecule has 1 fully saturated rings. The summed E-state index contributed by atoms with van der Waals surface area (Å²) in [7, 11) is 0. The lowest BCUT2D eigenvalue weighted by atomic mass is 10.1. The molecule has 0 bridgehead atoms. The highest BCUT2D eigenvalue weighted by Gasteiger charge is 2.29. The maximum Gasteiger partial charge on any atom is 0.358 e. The van der Waals surface area contributed by atoms with Gasteiger partial charge >= 0.3 is 5.97 Å². The standard InChI is InChI=1S/C15H17N3O3/c1-9-8-21-10(2)7-18(9)14-11-5-3-4-6-12(11)16-17-13(14)15(19)20/h3-6,9-10H,7-8H2,1-2H3,(H,19,20). The number of carbonyl (C=O) groups is 1. The number of anilines is 1. The monoisotopic (exact) mass is 287 g/mol. The Labute approximate surface area is 122 Å². The van der Waals surface area contributed by atoms with E-state index in [1.165, 1.54) is 0 Å². The molecule has 2 aromatic rings. The van der Waals surface area contributed by atoms with Crippen molar-refractivity contribution in [2.24, 2.45) is 0 Å². The number of carboxylic acid groups (broad SMARTS) is 1.